The van der Waals surface area contributed by atoms with E-state index in [9.17, 15) is 4.79 Å². The molecule has 142 valence electrons. The van der Waals surface area contributed by atoms with E-state index < -0.39 is 0 Å². The molecule has 3 rings (SSSR count). The summed E-state index contributed by atoms with van der Waals surface area (Å²) in [6.45, 7) is 4.09. The van der Waals surface area contributed by atoms with Gasteiger partial charge in [0, 0.05) is 13.1 Å². The lowest BCUT2D eigenvalue weighted by molar-refractivity contribution is 0.0928. The van der Waals surface area contributed by atoms with Gasteiger partial charge in [-0.2, -0.15) is 20.1 Å². The summed E-state index contributed by atoms with van der Waals surface area (Å²) in [4.78, 5) is 14.2. The zero-order valence-electron chi connectivity index (χ0n) is 15.3. The van der Waals surface area contributed by atoms with Crippen molar-refractivity contribution >= 4 is 29.0 Å². The first kappa shape index (κ1) is 19.5. The van der Waals surface area contributed by atoms with Gasteiger partial charge in [0.05, 0.1) is 24.5 Å². The van der Waals surface area contributed by atoms with E-state index in [1.165, 1.54) is 17.3 Å². The van der Waals surface area contributed by atoms with Gasteiger partial charge in [0.1, 0.15) is 11.9 Å². The minimum atomic E-state index is -0.233. The molecular weight excluding hydrogens is 380 g/mol. The number of thiophene rings is 1. The minimum Gasteiger partial charge on any atom is -0.489 e. The van der Waals surface area contributed by atoms with E-state index in [0.717, 1.165) is 30.6 Å². The maximum absolute atomic E-state index is 11.9. The summed E-state index contributed by atoms with van der Waals surface area (Å²) in [6.07, 6.45) is 1.31. The first-order valence-corrected chi connectivity index (χ1v) is 10.3. The Labute approximate surface area is 167 Å². The molecule has 2 heterocycles. The number of ether oxygens (including phenoxy) is 1. The molecule has 3 aromatic rings. The predicted octanol–water partition coefficient (Wildman–Crippen LogP) is 3.43. The van der Waals surface area contributed by atoms with E-state index in [1.807, 2.05) is 25.1 Å². The second-order valence-corrected chi connectivity index (χ2v) is 7.72. The molecule has 1 atom stereocenters. The molecule has 0 saturated carbocycles. The van der Waals surface area contributed by atoms with E-state index in [1.54, 1.807) is 11.3 Å². The molecule has 1 amide bonds. The van der Waals surface area contributed by atoms with Gasteiger partial charge in [-0.05, 0) is 54.1 Å². The molecule has 8 heteroatoms. The second-order valence-electron chi connectivity index (χ2n) is 6.38. The van der Waals surface area contributed by atoms with Crippen molar-refractivity contribution in [2.24, 2.45) is 0 Å². The summed E-state index contributed by atoms with van der Waals surface area (Å²) in [5, 5.41) is 7.08. The van der Waals surface area contributed by atoms with Gasteiger partial charge in [-0.25, -0.2) is 0 Å². The predicted molar refractivity (Wildman–Crippen MR) is 108 cm³/mol. The molecule has 0 saturated heterocycles. The largest absolute Gasteiger partial charge is 0.489 e. The Morgan fingerprint density at radius 3 is 2.89 bits per heavy atom. The second kappa shape index (κ2) is 9.59. The third-order valence-electron chi connectivity index (χ3n) is 3.86. The smallest absolute Gasteiger partial charge is 0.272 e. The van der Waals surface area contributed by atoms with Crippen molar-refractivity contribution < 1.29 is 9.53 Å². The van der Waals surface area contributed by atoms with Crippen molar-refractivity contribution in [1.82, 2.24) is 19.0 Å². The van der Waals surface area contributed by atoms with Gasteiger partial charge >= 0.3 is 0 Å². The topological polar surface area (TPSA) is 67.3 Å². The molecule has 1 aromatic carbocycles. The van der Waals surface area contributed by atoms with Crippen LogP contribution in [0.4, 0.5) is 0 Å². The van der Waals surface area contributed by atoms with Gasteiger partial charge in [-0.15, -0.1) is 0 Å². The van der Waals surface area contributed by atoms with Crippen LogP contribution in [0.5, 0.6) is 5.75 Å². The molecule has 0 radical (unpaired) electrons. The maximum atomic E-state index is 11.9. The number of hydrogen-bond acceptors (Lipinski definition) is 7. The monoisotopic (exact) mass is 402 g/mol. The number of nitrogens with one attached hydrogen (secondary N) is 1. The average Bonchev–Trinajstić information content (AvgIpc) is 3.33. The number of hydrogen-bond donors (Lipinski definition) is 1. The number of nitrogens with zero attached hydrogens (tertiary/aromatic N) is 3. The first-order chi connectivity index (χ1) is 13.1. The maximum Gasteiger partial charge on any atom is 0.272 e. The van der Waals surface area contributed by atoms with Crippen LogP contribution in [0.15, 0.2) is 47.3 Å². The number of amides is 1. The zero-order valence-corrected chi connectivity index (χ0v) is 16.9. The highest BCUT2D eigenvalue weighted by molar-refractivity contribution is 7.07. The summed E-state index contributed by atoms with van der Waals surface area (Å²) in [6, 6.07) is 10.2. The highest BCUT2D eigenvalue weighted by Gasteiger charge is 2.11. The van der Waals surface area contributed by atoms with E-state index in [-0.39, 0.29) is 12.0 Å². The SMILES string of the molecule is C[C@H](CNC(=O)c1cnsn1)Oc1cccc(CN(C)Cc2ccsc2)c1. The van der Waals surface area contributed by atoms with Crippen molar-refractivity contribution in [3.63, 3.8) is 0 Å². The lowest BCUT2D eigenvalue weighted by atomic mass is 10.2. The van der Waals surface area contributed by atoms with Gasteiger partial charge in [0.15, 0.2) is 5.69 Å². The number of carbonyl (C=O) groups excluding carboxylic acids is 1. The summed E-state index contributed by atoms with van der Waals surface area (Å²) >= 11 is 2.74. The Bertz CT molecular complexity index is 837. The molecule has 27 heavy (non-hydrogen) atoms. The highest BCUT2D eigenvalue weighted by Crippen LogP contribution is 2.17. The molecule has 0 aliphatic carbocycles. The van der Waals surface area contributed by atoms with Crippen LogP contribution in [0.25, 0.3) is 0 Å². The Morgan fingerprint density at radius 2 is 2.15 bits per heavy atom. The third kappa shape index (κ3) is 6.13. The number of aromatic nitrogens is 2. The first-order valence-electron chi connectivity index (χ1n) is 8.61. The fourth-order valence-electron chi connectivity index (χ4n) is 2.64. The van der Waals surface area contributed by atoms with E-state index in [2.05, 4.69) is 48.9 Å². The highest BCUT2D eigenvalue weighted by atomic mass is 32.1. The van der Waals surface area contributed by atoms with Crippen molar-refractivity contribution in [1.29, 1.82) is 0 Å². The van der Waals surface area contributed by atoms with E-state index in [0.29, 0.717) is 12.2 Å². The van der Waals surface area contributed by atoms with Crippen LogP contribution in [0, 0.1) is 0 Å². The molecule has 0 spiro atoms. The molecule has 2 aromatic heterocycles. The van der Waals surface area contributed by atoms with Gasteiger partial charge < -0.3 is 10.1 Å². The molecule has 0 bridgehead atoms. The van der Waals surface area contributed by atoms with Crippen molar-refractivity contribution in [3.05, 3.63) is 64.1 Å². The van der Waals surface area contributed by atoms with E-state index in [4.69, 9.17) is 4.74 Å². The minimum absolute atomic E-state index is 0.153. The Hall–Kier alpha value is -2.29. The van der Waals surface area contributed by atoms with Crippen LogP contribution in [0.2, 0.25) is 0 Å². The third-order valence-corrected chi connectivity index (χ3v) is 5.07. The zero-order chi connectivity index (χ0) is 19.1. The standard InChI is InChI=1S/C19H22N4O2S2/c1-14(9-20-19(24)18-10-21-27-22-18)25-17-5-3-4-15(8-17)11-23(2)12-16-6-7-26-13-16/h3-8,10,13-14H,9,11-12H2,1-2H3,(H,20,24)/t14-/m1/s1. The molecule has 1 N–H and O–H groups in total. The Morgan fingerprint density at radius 1 is 1.30 bits per heavy atom. The molecule has 0 fully saturated rings. The van der Waals surface area contributed by atoms with Crippen LogP contribution in [0.3, 0.4) is 0 Å². The molecular formula is C19H22N4O2S2. The summed E-state index contributed by atoms with van der Waals surface area (Å²) in [7, 11) is 2.11. The van der Waals surface area contributed by atoms with Crippen molar-refractivity contribution in [2.75, 3.05) is 13.6 Å². The molecule has 0 aliphatic rings. The average molecular weight is 403 g/mol. The lowest BCUT2D eigenvalue weighted by Gasteiger charge is -2.18. The summed E-state index contributed by atoms with van der Waals surface area (Å²) in [5.41, 5.74) is 2.85. The Balaban J connectivity index is 1.48. The normalized spacial score (nSPS) is 12.1. The van der Waals surface area contributed by atoms with E-state index >= 15 is 0 Å². The molecule has 0 unspecified atom stereocenters. The van der Waals surface area contributed by atoms with Crippen molar-refractivity contribution in [3.8, 4) is 5.75 Å². The quantitative estimate of drug-likeness (QED) is 0.594. The van der Waals surface area contributed by atoms with Gasteiger partial charge in [0.25, 0.3) is 5.91 Å². The van der Waals surface area contributed by atoms with Crippen LogP contribution in [0.1, 0.15) is 28.5 Å². The van der Waals surface area contributed by atoms with Crippen LogP contribution < -0.4 is 10.1 Å². The summed E-state index contributed by atoms with van der Waals surface area (Å²) in [5.74, 6) is 0.566. The molecule has 6 nitrogen and oxygen atoms in total. The Kier molecular flexibility index (Phi) is 6.92. The lowest BCUT2D eigenvalue weighted by Crippen LogP contribution is -2.33. The van der Waals surface area contributed by atoms with Crippen LogP contribution >= 0.6 is 23.1 Å². The molecule has 0 aliphatic heterocycles. The van der Waals surface area contributed by atoms with Crippen molar-refractivity contribution in [2.45, 2.75) is 26.1 Å². The number of benzene rings is 1. The van der Waals surface area contributed by atoms with Gasteiger partial charge in [0.2, 0.25) is 0 Å². The summed E-state index contributed by atoms with van der Waals surface area (Å²) < 4.78 is 13.7. The van der Waals surface area contributed by atoms with Gasteiger partial charge in [-0.3, -0.25) is 9.69 Å². The van der Waals surface area contributed by atoms with Gasteiger partial charge in [-0.1, -0.05) is 12.1 Å². The van der Waals surface area contributed by atoms with Crippen LogP contribution in [-0.2, 0) is 13.1 Å². The fraction of sp³-hybridized carbons (Fsp3) is 0.316. The number of carbonyl (C=O) groups is 1. The van der Waals surface area contributed by atoms with Crippen LogP contribution in [-0.4, -0.2) is 39.3 Å². The number of rotatable bonds is 9. The fourth-order valence-corrected chi connectivity index (χ4v) is 3.72.